The normalized spacial score (nSPS) is 21.0. The van der Waals surface area contributed by atoms with E-state index in [0.717, 1.165) is 12.5 Å². The largest absolute Gasteiger partial charge is 0.371 e. The third-order valence-electron chi connectivity index (χ3n) is 4.41. The number of hydrogen-bond acceptors (Lipinski definition) is 2. The molecule has 1 N–H and O–H groups in total. The highest BCUT2D eigenvalue weighted by atomic mass is 79.9. The molecule has 0 radical (unpaired) electrons. The fourth-order valence-corrected chi connectivity index (χ4v) is 3.54. The molecule has 2 nitrogen and oxygen atoms in total. The highest BCUT2D eigenvalue weighted by Gasteiger charge is 2.22. The van der Waals surface area contributed by atoms with Crippen LogP contribution in [0.15, 0.2) is 22.7 Å². The van der Waals surface area contributed by atoms with Crippen molar-refractivity contribution in [3.8, 4) is 0 Å². The molecule has 1 saturated heterocycles. The van der Waals surface area contributed by atoms with Crippen molar-refractivity contribution in [3.05, 3.63) is 28.2 Å². The van der Waals surface area contributed by atoms with E-state index in [-0.39, 0.29) is 0 Å². The van der Waals surface area contributed by atoms with Gasteiger partial charge >= 0.3 is 0 Å². The van der Waals surface area contributed by atoms with Gasteiger partial charge in [0.25, 0.3) is 0 Å². The monoisotopic (exact) mass is 338 g/mol. The first-order valence-electron chi connectivity index (χ1n) is 7.93. The zero-order valence-corrected chi connectivity index (χ0v) is 14.5. The van der Waals surface area contributed by atoms with Gasteiger partial charge in [-0.25, -0.2) is 0 Å². The quantitative estimate of drug-likeness (QED) is 0.833. The zero-order valence-electron chi connectivity index (χ0n) is 13.0. The molecule has 112 valence electrons. The Morgan fingerprint density at radius 1 is 1.40 bits per heavy atom. The number of halogens is 1. The summed E-state index contributed by atoms with van der Waals surface area (Å²) in [7, 11) is 0. The predicted molar refractivity (Wildman–Crippen MR) is 91.5 cm³/mol. The minimum absolute atomic E-state index is 0.408. The van der Waals surface area contributed by atoms with Crippen LogP contribution in [0, 0.1) is 5.92 Å². The first-order chi connectivity index (χ1) is 9.65. The van der Waals surface area contributed by atoms with Crippen molar-refractivity contribution in [1.29, 1.82) is 0 Å². The summed E-state index contributed by atoms with van der Waals surface area (Å²) in [5.74, 6) is 0.852. The van der Waals surface area contributed by atoms with Crippen molar-refractivity contribution in [2.24, 2.45) is 5.92 Å². The molecule has 0 bridgehead atoms. The van der Waals surface area contributed by atoms with Gasteiger partial charge in [-0.15, -0.1) is 0 Å². The molecule has 0 aliphatic carbocycles. The molecule has 0 saturated carbocycles. The van der Waals surface area contributed by atoms with E-state index in [1.807, 2.05) is 0 Å². The van der Waals surface area contributed by atoms with Gasteiger partial charge in [0.15, 0.2) is 0 Å². The first kappa shape index (κ1) is 15.8. The summed E-state index contributed by atoms with van der Waals surface area (Å²) < 4.78 is 1.18. The maximum Gasteiger partial charge on any atom is 0.0426 e. The molecule has 1 aliphatic rings. The van der Waals surface area contributed by atoms with Crippen molar-refractivity contribution in [2.75, 3.05) is 24.5 Å². The molecule has 1 aromatic carbocycles. The molecule has 1 aliphatic heterocycles. The van der Waals surface area contributed by atoms with Crippen LogP contribution in [-0.2, 0) is 0 Å². The summed E-state index contributed by atoms with van der Waals surface area (Å²) in [5, 5.41) is 3.54. The molecule has 1 aromatic rings. The van der Waals surface area contributed by atoms with E-state index in [9.17, 15) is 0 Å². The van der Waals surface area contributed by atoms with Gasteiger partial charge in [0, 0.05) is 29.3 Å². The Kier molecular flexibility index (Phi) is 5.91. The Labute approximate surface area is 132 Å². The number of piperidine rings is 1. The summed E-state index contributed by atoms with van der Waals surface area (Å²) in [5.41, 5.74) is 2.83. The van der Waals surface area contributed by atoms with Crippen LogP contribution in [-0.4, -0.2) is 19.6 Å². The summed E-state index contributed by atoms with van der Waals surface area (Å²) in [4.78, 5) is 2.59. The number of nitrogens with zero attached hydrogens (tertiary/aromatic N) is 1. The van der Waals surface area contributed by atoms with Crippen LogP contribution >= 0.6 is 15.9 Å². The highest BCUT2D eigenvalue weighted by molar-refractivity contribution is 9.10. The molecule has 3 heteroatoms. The molecular weight excluding hydrogens is 312 g/mol. The number of anilines is 1. The molecule has 2 atom stereocenters. The van der Waals surface area contributed by atoms with Crippen molar-refractivity contribution in [2.45, 2.75) is 46.1 Å². The SMILES string of the molecule is CCNC(C)c1ccc(Br)cc1N1CCCC(CC)C1. The van der Waals surface area contributed by atoms with Gasteiger partial charge in [-0.2, -0.15) is 0 Å². The van der Waals surface area contributed by atoms with Crippen molar-refractivity contribution in [1.82, 2.24) is 5.32 Å². The van der Waals surface area contributed by atoms with Crippen molar-refractivity contribution in [3.63, 3.8) is 0 Å². The minimum atomic E-state index is 0.408. The van der Waals surface area contributed by atoms with E-state index in [0.29, 0.717) is 6.04 Å². The van der Waals surface area contributed by atoms with Crippen LogP contribution < -0.4 is 10.2 Å². The lowest BCUT2D eigenvalue weighted by molar-refractivity contribution is 0.403. The minimum Gasteiger partial charge on any atom is -0.371 e. The maximum atomic E-state index is 3.64. The van der Waals surface area contributed by atoms with Gasteiger partial charge in [0.2, 0.25) is 0 Å². The lowest BCUT2D eigenvalue weighted by atomic mass is 9.94. The average Bonchev–Trinajstić information content (AvgIpc) is 2.47. The molecule has 0 spiro atoms. The lowest BCUT2D eigenvalue weighted by Crippen LogP contribution is -2.36. The summed E-state index contributed by atoms with van der Waals surface area (Å²) in [6.07, 6.45) is 4.00. The molecule has 20 heavy (non-hydrogen) atoms. The van der Waals surface area contributed by atoms with E-state index in [4.69, 9.17) is 0 Å². The smallest absolute Gasteiger partial charge is 0.0426 e. The van der Waals surface area contributed by atoms with Crippen LogP contribution in [0.1, 0.15) is 51.6 Å². The average molecular weight is 339 g/mol. The Bertz CT molecular complexity index is 433. The van der Waals surface area contributed by atoms with E-state index >= 15 is 0 Å². The van der Waals surface area contributed by atoms with Gasteiger partial charge < -0.3 is 10.2 Å². The number of rotatable bonds is 5. The first-order valence-corrected chi connectivity index (χ1v) is 8.72. The van der Waals surface area contributed by atoms with E-state index in [2.05, 4.69) is 65.1 Å². The number of benzene rings is 1. The summed E-state index contributed by atoms with van der Waals surface area (Å²) in [6, 6.07) is 7.13. The third kappa shape index (κ3) is 3.76. The van der Waals surface area contributed by atoms with Crippen molar-refractivity contribution < 1.29 is 0 Å². The van der Waals surface area contributed by atoms with Crippen LogP contribution in [0.2, 0.25) is 0 Å². The van der Waals surface area contributed by atoms with Gasteiger partial charge in [0.05, 0.1) is 0 Å². The molecular formula is C17H27BrN2. The lowest BCUT2D eigenvalue weighted by Gasteiger charge is -2.36. The van der Waals surface area contributed by atoms with Crippen LogP contribution in [0.5, 0.6) is 0 Å². The second kappa shape index (κ2) is 7.46. The van der Waals surface area contributed by atoms with Gasteiger partial charge in [0.1, 0.15) is 0 Å². The van der Waals surface area contributed by atoms with Crippen LogP contribution in [0.3, 0.4) is 0 Å². The third-order valence-corrected chi connectivity index (χ3v) is 4.90. The molecule has 2 unspecified atom stereocenters. The maximum absolute atomic E-state index is 3.64. The molecule has 1 heterocycles. The number of nitrogens with one attached hydrogen (secondary N) is 1. The molecule has 0 amide bonds. The Morgan fingerprint density at radius 2 is 2.20 bits per heavy atom. The Hall–Kier alpha value is -0.540. The standard InChI is InChI=1S/C17H27BrN2/c1-4-14-7-6-10-20(12-14)17-11-15(18)8-9-16(17)13(3)19-5-2/h8-9,11,13-14,19H,4-7,10,12H2,1-3H3. The summed E-state index contributed by atoms with van der Waals surface area (Å²) >= 11 is 3.64. The van der Waals surface area contributed by atoms with Crippen molar-refractivity contribution >= 4 is 21.6 Å². The fourth-order valence-electron chi connectivity index (χ4n) is 3.19. The van der Waals surface area contributed by atoms with Crippen LogP contribution in [0.25, 0.3) is 0 Å². The zero-order chi connectivity index (χ0) is 14.5. The molecule has 1 fully saturated rings. The second-order valence-electron chi connectivity index (χ2n) is 5.85. The second-order valence-corrected chi connectivity index (χ2v) is 6.76. The van der Waals surface area contributed by atoms with E-state index < -0.39 is 0 Å². The Balaban J connectivity index is 2.26. The topological polar surface area (TPSA) is 15.3 Å². The molecule has 2 rings (SSSR count). The Morgan fingerprint density at radius 3 is 2.90 bits per heavy atom. The van der Waals surface area contributed by atoms with Gasteiger partial charge in [-0.1, -0.05) is 42.3 Å². The fraction of sp³-hybridized carbons (Fsp3) is 0.647. The van der Waals surface area contributed by atoms with Gasteiger partial charge in [-0.05, 0) is 49.9 Å². The summed E-state index contributed by atoms with van der Waals surface area (Å²) in [6.45, 7) is 10.2. The van der Waals surface area contributed by atoms with Gasteiger partial charge in [-0.3, -0.25) is 0 Å². The molecule has 0 aromatic heterocycles. The predicted octanol–water partition coefficient (Wildman–Crippen LogP) is 4.75. The number of hydrogen-bond donors (Lipinski definition) is 1. The van der Waals surface area contributed by atoms with E-state index in [1.165, 1.54) is 48.1 Å². The van der Waals surface area contributed by atoms with Crippen LogP contribution in [0.4, 0.5) is 5.69 Å². The highest BCUT2D eigenvalue weighted by Crippen LogP contribution is 2.33. The van der Waals surface area contributed by atoms with E-state index in [1.54, 1.807) is 0 Å².